The number of benzene rings is 1. The number of aliphatic carboxylic acids is 1. The van der Waals surface area contributed by atoms with Gasteiger partial charge < -0.3 is 5.11 Å². The largest absolute Gasteiger partial charge is 0.480 e. The molecule has 0 aliphatic carbocycles. The Morgan fingerprint density at radius 3 is 2.43 bits per heavy atom. The average molecular weight is 340 g/mol. The van der Waals surface area contributed by atoms with Crippen molar-refractivity contribution in [3.8, 4) is 0 Å². The van der Waals surface area contributed by atoms with Crippen LogP contribution in [0.3, 0.4) is 0 Å². The van der Waals surface area contributed by atoms with Gasteiger partial charge in [-0.05, 0) is 37.8 Å². The third kappa shape index (κ3) is 4.76. The van der Waals surface area contributed by atoms with Gasteiger partial charge in [0.15, 0.2) is 0 Å². The maximum absolute atomic E-state index is 11.8. The van der Waals surface area contributed by atoms with Gasteiger partial charge in [0.05, 0.1) is 6.26 Å². The predicted molar refractivity (Wildman–Crippen MR) is 88.9 cm³/mol. The Morgan fingerprint density at radius 2 is 1.91 bits per heavy atom. The van der Waals surface area contributed by atoms with Gasteiger partial charge in [-0.2, -0.15) is 0 Å². The monoisotopic (exact) mass is 340 g/mol. The molecule has 0 amide bonds. The lowest BCUT2D eigenvalue weighted by Crippen LogP contribution is -2.47. The van der Waals surface area contributed by atoms with Crippen LogP contribution >= 0.6 is 0 Å². The van der Waals surface area contributed by atoms with E-state index < -0.39 is 22.0 Å². The van der Waals surface area contributed by atoms with Gasteiger partial charge in [0.25, 0.3) is 0 Å². The number of hydrogen-bond acceptors (Lipinski definition) is 4. The molecule has 1 saturated heterocycles. The number of carbonyl (C=O) groups is 1. The molecule has 128 valence electrons. The first-order chi connectivity index (χ1) is 10.7. The third-order valence-corrected chi connectivity index (χ3v) is 5.00. The molecule has 0 radical (unpaired) electrons. The number of sulfonamides is 1. The second-order valence-electron chi connectivity index (χ2n) is 6.30. The summed E-state index contributed by atoms with van der Waals surface area (Å²) < 4.78 is 25.2. The van der Waals surface area contributed by atoms with E-state index in [9.17, 15) is 18.3 Å². The summed E-state index contributed by atoms with van der Waals surface area (Å²) >= 11 is 0. The summed E-state index contributed by atoms with van der Waals surface area (Å²) in [6, 6.07) is 5.04. The molecule has 1 unspecified atom stereocenters. The number of hydrogen-bond donors (Lipinski definition) is 2. The van der Waals surface area contributed by atoms with Crippen LogP contribution in [0.2, 0.25) is 0 Å². The Kier molecular flexibility index (Phi) is 5.44. The lowest BCUT2D eigenvalue weighted by atomic mass is 9.95. The molecule has 23 heavy (non-hydrogen) atoms. The van der Waals surface area contributed by atoms with E-state index in [1.54, 1.807) is 0 Å². The van der Waals surface area contributed by atoms with Crippen molar-refractivity contribution in [3.63, 3.8) is 0 Å². The van der Waals surface area contributed by atoms with Crippen LogP contribution in [0.5, 0.6) is 0 Å². The standard InChI is InChI=1S/C16H24N2O4S/c1-11-4-5-12(2)14(10-11)15(16(19)20)18-8-6-13(7-9-18)17-23(3,21)22/h4-5,10,13,15,17H,6-9H2,1-3H3,(H,19,20). The van der Waals surface area contributed by atoms with Crippen LogP contribution in [0.4, 0.5) is 0 Å². The minimum atomic E-state index is -3.23. The van der Waals surface area contributed by atoms with Crippen LogP contribution in [-0.2, 0) is 14.8 Å². The highest BCUT2D eigenvalue weighted by Gasteiger charge is 2.32. The summed E-state index contributed by atoms with van der Waals surface area (Å²) in [5, 5.41) is 9.69. The smallest absolute Gasteiger partial charge is 0.325 e. The molecule has 1 aliphatic rings. The highest BCUT2D eigenvalue weighted by atomic mass is 32.2. The van der Waals surface area contributed by atoms with E-state index in [1.807, 2.05) is 36.9 Å². The Morgan fingerprint density at radius 1 is 1.30 bits per heavy atom. The van der Waals surface area contributed by atoms with Crippen molar-refractivity contribution in [1.29, 1.82) is 0 Å². The molecule has 7 heteroatoms. The first kappa shape index (κ1) is 17.9. The van der Waals surface area contributed by atoms with E-state index in [4.69, 9.17) is 0 Å². The van der Waals surface area contributed by atoms with Gasteiger partial charge >= 0.3 is 5.97 Å². The molecular formula is C16H24N2O4S. The number of piperidine rings is 1. The molecule has 0 saturated carbocycles. The van der Waals surface area contributed by atoms with Crippen LogP contribution in [0, 0.1) is 13.8 Å². The number of nitrogens with zero attached hydrogens (tertiary/aromatic N) is 1. The van der Waals surface area contributed by atoms with Crippen molar-refractivity contribution in [2.45, 2.75) is 38.8 Å². The lowest BCUT2D eigenvalue weighted by Gasteiger charge is -2.36. The zero-order valence-electron chi connectivity index (χ0n) is 13.7. The molecule has 1 aromatic rings. The van der Waals surface area contributed by atoms with Gasteiger partial charge in [-0.25, -0.2) is 13.1 Å². The number of carboxylic acid groups (broad SMARTS) is 1. The Balaban J connectivity index is 2.15. The third-order valence-electron chi connectivity index (χ3n) is 4.24. The molecular weight excluding hydrogens is 316 g/mol. The summed E-state index contributed by atoms with van der Waals surface area (Å²) in [7, 11) is -3.23. The highest BCUT2D eigenvalue weighted by molar-refractivity contribution is 7.88. The van der Waals surface area contributed by atoms with Crippen molar-refractivity contribution in [2.75, 3.05) is 19.3 Å². The van der Waals surface area contributed by atoms with Crippen LogP contribution < -0.4 is 4.72 Å². The van der Waals surface area contributed by atoms with Gasteiger partial charge in [0.2, 0.25) is 10.0 Å². The molecule has 2 rings (SSSR count). The summed E-state index contributed by atoms with van der Waals surface area (Å²) in [5.74, 6) is -0.867. The van der Waals surface area contributed by atoms with E-state index in [1.165, 1.54) is 0 Å². The molecule has 1 aromatic carbocycles. The fourth-order valence-electron chi connectivity index (χ4n) is 3.12. The van der Waals surface area contributed by atoms with E-state index in [0.29, 0.717) is 25.9 Å². The van der Waals surface area contributed by atoms with Crippen molar-refractivity contribution < 1.29 is 18.3 Å². The second kappa shape index (κ2) is 6.98. The fourth-order valence-corrected chi connectivity index (χ4v) is 3.96. The average Bonchev–Trinajstić information content (AvgIpc) is 2.43. The van der Waals surface area contributed by atoms with Crippen LogP contribution in [0.15, 0.2) is 18.2 Å². The molecule has 1 atom stereocenters. The van der Waals surface area contributed by atoms with Crippen LogP contribution in [0.25, 0.3) is 0 Å². The number of carboxylic acids is 1. The summed E-state index contributed by atoms with van der Waals surface area (Å²) in [6.45, 7) is 4.97. The van der Waals surface area contributed by atoms with E-state index in [-0.39, 0.29) is 6.04 Å². The molecule has 0 bridgehead atoms. The van der Waals surface area contributed by atoms with Crippen LogP contribution in [0.1, 0.15) is 35.6 Å². The van der Waals surface area contributed by atoms with Crippen LogP contribution in [-0.4, -0.2) is 49.8 Å². The quantitative estimate of drug-likeness (QED) is 0.847. The molecule has 0 spiro atoms. The Bertz CT molecular complexity index is 679. The zero-order chi connectivity index (χ0) is 17.2. The summed E-state index contributed by atoms with van der Waals surface area (Å²) in [5.41, 5.74) is 2.80. The van der Waals surface area contributed by atoms with Gasteiger partial charge in [0.1, 0.15) is 6.04 Å². The lowest BCUT2D eigenvalue weighted by molar-refractivity contribution is -0.144. The molecule has 1 aliphatic heterocycles. The second-order valence-corrected chi connectivity index (χ2v) is 8.08. The van der Waals surface area contributed by atoms with E-state index >= 15 is 0 Å². The topological polar surface area (TPSA) is 86.7 Å². The van der Waals surface area contributed by atoms with Crippen molar-refractivity contribution in [2.24, 2.45) is 0 Å². The molecule has 2 N–H and O–H groups in total. The number of likely N-dealkylation sites (tertiary alicyclic amines) is 1. The van der Waals surface area contributed by atoms with Crippen molar-refractivity contribution >= 4 is 16.0 Å². The maximum Gasteiger partial charge on any atom is 0.325 e. The number of rotatable bonds is 5. The zero-order valence-corrected chi connectivity index (χ0v) is 14.6. The van der Waals surface area contributed by atoms with Gasteiger partial charge in [-0.15, -0.1) is 0 Å². The molecule has 6 nitrogen and oxygen atoms in total. The number of nitrogens with one attached hydrogen (secondary N) is 1. The molecule has 1 fully saturated rings. The SMILES string of the molecule is Cc1ccc(C)c(C(C(=O)O)N2CCC(NS(C)(=O)=O)CC2)c1. The van der Waals surface area contributed by atoms with Gasteiger partial charge in [-0.3, -0.25) is 9.69 Å². The minimum absolute atomic E-state index is 0.116. The fraction of sp³-hybridized carbons (Fsp3) is 0.562. The Labute approximate surface area is 137 Å². The first-order valence-corrected chi connectivity index (χ1v) is 9.58. The van der Waals surface area contributed by atoms with Crippen molar-refractivity contribution in [3.05, 3.63) is 34.9 Å². The molecule has 0 aromatic heterocycles. The predicted octanol–water partition coefficient (Wildman–Crippen LogP) is 1.44. The minimum Gasteiger partial charge on any atom is -0.480 e. The maximum atomic E-state index is 11.8. The summed E-state index contributed by atoms with van der Waals surface area (Å²) in [4.78, 5) is 13.7. The van der Waals surface area contributed by atoms with E-state index in [0.717, 1.165) is 22.9 Å². The van der Waals surface area contributed by atoms with Gasteiger partial charge in [0, 0.05) is 19.1 Å². The highest BCUT2D eigenvalue weighted by Crippen LogP contribution is 2.28. The van der Waals surface area contributed by atoms with Gasteiger partial charge in [-0.1, -0.05) is 23.8 Å². The summed E-state index contributed by atoms with van der Waals surface area (Å²) in [6.07, 6.45) is 2.37. The normalized spacial score (nSPS) is 18.7. The van der Waals surface area contributed by atoms with Crippen molar-refractivity contribution in [1.82, 2.24) is 9.62 Å². The van der Waals surface area contributed by atoms with E-state index in [2.05, 4.69) is 4.72 Å². The molecule has 1 heterocycles. The Hall–Kier alpha value is -1.44. The first-order valence-electron chi connectivity index (χ1n) is 7.68. The number of aryl methyl sites for hydroxylation is 2.